The molecule has 4 nitrogen and oxygen atoms in total. The lowest BCUT2D eigenvalue weighted by molar-refractivity contribution is -0.178. The first-order valence-electron chi connectivity index (χ1n) is 5.92. The van der Waals surface area contributed by atoms with Crippen LogP contribution in [-0.2, 0) is 9.47 Å². The van der Waals surface area contributed by atoms with Crippen LogP contribution >= 0.6 is 0 Å². The van der Waals surface area contributed by atoms with Gasteiger partial charge in [-0.3, -0.25) is 9.97 Å². The summed E-state index contributed by atoms with van der Waals surface area (Å²) in [7, 11) is 0. The molecule has 2 heterocycles. The van der Waals surface area contributed by atoms with Crippen LogP contribution in [0.3, 0.4) is 0 Å². The zero-order valence-electron chi connectivity index (χ0n) is 9.26. The molecule has 0 aromatic carbocycles. The summed E-state index contributed by atoms with van der Waals surface area (Å²) < 4.78 is 11.4. The van der Waals surface area contributed by atoms with Crippen molar-refractivity contribution in [3.8, 4) is 0 Å². The van der Waals surface area contributed by atoms with Crippen LogP contribution in [0.15, 0.2) is 18.6 Å². The lowest BCUT2D eigenvalue weighted by Crippen LogP contribution is -2.34. The third kappa shape index (κ3) is 1.83. The van der Waals surface area contributed by atoms with Crippen LogP contribution in [0.5, 0.6) is 0 Å². The molecule has 0 unspecified atom stereocenters. The lowest BCUT2D eigenvalue weighted by Gasteiger charge is -2.34. The maximum absolute atomic E-state index is 5.71. The molecule has 0 amide bonds. The van der Waals surface area contributed by atoms with Crippen molar-refractivity contribution in [1.82, 2.24) is 9.97 Å². The molecule has 0 radical (unpaired) electrons. The van der Waals surface area contributed by atoms with Crippen LogP contribution in [0.25, 0.3) is 0 Å². The average molecular weight is 220 g/mol. The largest absolute Gasteiger partial charge is 0.348 e. The molecule has 86 valence electrons. The molecule has 1 aliphatic carbocycles. The molecule has 16 heavy (non-hydrogen) atoms. The van der Waals surface area contributed by atoms with Gasteiger partial charge in [-0.15, -0.1) is 0 Å². The Hall–Kier alpha value is -1.00. The van der Waals surface area contributed by atoms with Gasteiger partial charge in [0.1, 0.15) is 0 Å². The fourth-order valence-electron chi connectivity index (χ4n) is 2.66. The van der Waals surface area contributed by atoms with Crippen LogP contribution in [0.1, 0.15) is 37.3 Å². The fraction of sp³-hybridized carbons (Fsp3) is 0.667. The summed E-state index contributed by atoms with van der Waals surface area (Å²) in [6.45, 7) is 1.49. The number of hydrogen-bond acceptors (Lipinski definition) is 4. The van der Waals surface area contributed by atoms with Crippen LogP contribution < -0.4 is 0 Å². The van der Waals surface area contributed by atoms with Gasteiger partial charge in [0.25, 0.3) is 0 Å². The Labute approximate surface area is 95.0 Å². The van der Waals surface area contributed by atoms with Gasteiger partial charge in [-0.2, -0.15) is 0 Å². The van der Waals surface area contributed by atoms with Gasteiger partial charge in [-0.05, 0) is 12.8 Å². The molecule has 1 aliphatic heterocycles. The van der Waals surface area contributed by atoms with Crippen molar-refractivity contribution >= 4 is 0 Å². The first kappa shape index (κ1) is 10.2. The van der Waals surface area contributed by atoms with Crippen molar-refractivity contribution in [2.24, 2.45) is 0 Å². The lowest BCUT2D eigenvalue weighted by atomic mass is 9.83. The van der Waals surface area contributed by atoms with Gasteiger partial charge < -0.3 is 9.47 Å². The molecule has 2 aliphatic rings. The molecule has 2 fully saturated rings. The van der Waals surface area contributed by atoms with Crippen molar-refractivity contribution in [2.45, 2.75) is 37.4 Å². The second kappa shape index (κ2) is 4.11. The van der Waals surface area contributed by atoms with E-state index in [4.69, 9.17) is 9.47 Å². The quantitative estimate of drug-likeness (QED) is 0.724. The van der Waals surface area contributed by atoms with E-state index in [0.29, 0.717) is 5.92 Å². The Morgan fingerprint density at radius 2 is 1.88 bits per heavy atom. The molecule has 1 saturated carbocycles. The van der Waals surface area contributed by atoms with Gasteiger partial charge in [0.2, 0.25) is 0 Å². The Balaban J connectivity index is 1.66. The SMILES string of the molecule is c1cnc(C2CCC3(CC2)OCCO3)cn1. The smallest absolute Gasteiger partial charge is 0.168 e. The van der Waals surface area contributed by atoms with Crippen molar-refractivity contribution < 1.29 is 9.47 Å². The Bertz CT molecular complexity index is 339. The summed E-state index contributed by atoms with van der Waals surface area (Å²) in [4.78, 5) is 8.50. The summed E-state index contributed by atoms with van der Waals surface area (Å²) in [5.74, 6) is 0.255. The molecule has 1 aromatic rings. The molecule has 0 bridgehead atoms. The molecular weight excluding hydrogens is 204 g/mol. The maximum atomic E-state index is 5.71. The third-order valence-corrected chi connectivity index (χ3v) is 3.56. The van der Waals surface area contributed by atoms with Gasteiger partial charge >= 0.3 is 0 Å². The molecule has 1 aromatic heterocycles. The number of ether oxygens (including phenoxy) is 2. The van der Waals surface area contributed by atoms with E-state index in [-0.39, 0.29) is 5.79 Å². The van der Waals surface area contributed by atoms with Gasteiger partial charge in [0.05, 0.1) is 18.9 Å². The number of nitrogens with zero attached hydrogens (tertiary/aromatic N) is 2. The van der Waals surface area contributed by atoms with E-state index in [2.05, 4.69) is 9.97 Å². The van der Waals surface area contributed by atoms with E-state index in [1.165, 1.54) is 0 Å². The molecule has 1 saturated heterocycles. The van der Waals surface area contributed by atoms with Crippen LogP contribution in [0, 0.1) is 0 Å². The Morgan fingerprint density at radius 3 is 2.50 bits per heavy atom. The van der Waals surface area contributed by atoms with Crippen LogP contribution in [0.2, 0.25) is 0 Å². The molecule has 4 heteroatoms. The number of rotatable bonds is 1. The predicted octanol–water partition coefficient (Wildman–Crippen LogP) is 1.88. The normalized spacial score (nSPS) is 25.0. The molecule has 1 spiro atoms. The predicted molar refractivity (Wildman–Crippen MR) is 57.9 cm³/mol. The summed E-state index contributed by atoms with van der Waals surface area (Å²) in [6.07, 6.45) is 9.48. The average Bonchev–Trinajstić information content (AvgIpc) is 2.80. The Morgan fingerprint density at radius 1 is 1.12 bits per heavy atom. The second-order valence-electron chi connectivity index (χ2n) is 4.51. The highest BCUT2D eigenvalue weighted by molar-refractivity contribution is 5.05. The van der Waals surface area contributed by atoms with Gasteiger partial charge in [-0.25, -0.2) is 0 Å². The van der Waals surface area contributed by atoms with Crippen LogP contribution in [0.4, 0.5) is 0 Å². The zero-order chi connectivity index (χ0) is 10.8. The van der Waals surface area contributed by atoms with E-state index in [0.717, 1.165) is 44.6 Å². The zero-order valence-corrected chi connectivity index (χ0v) is 9.26. The fourth-order valence-corrected chi connectivity index (χ4v) is 2.66. The minimum Gasteiger partial charge on any atom is -0.348 e. The van der Waals surface area contributed by atoms with Gasteiger partial charge in [-0.1, -0.05) is 0 Å². The highest BCUT2D eigenvalue weighted by Gasteiger charge is 2.40. The highest BCUT2D eigenvalue weighted by atomic mass is 16.7. The monoisotopic (exact) mass is 220 g/mol. The highest BCUT2D eigenvalue weighted by Crippen LogP contribution is 2.41. The molecule has 3 rings (SSSR count). The number of aromatic nitrogens is 2. The number of hydrogen-bond donors (Lipinski definition) is 0. The van der Waals surface area contributed by atoms with Crippen molar-refractivity contribution in [3.63, 3.8) is 0 Å². The summed E-state index contributed by atoms with van der Waals surface area (Å²) in [6, 6.07) is 0. The summed E-state index contributed by atoms with van der Waals surface area (Å²) in [5, 5.41) is 0. The third-order valence-electron chi connectivity index (χ3n) is 3.56. The minimum atomic E-state index is -0.265. The van der Waals surface area contributed by atoms with Crippen molar-refractivity contribution in [1.29, 1.82) is 0 Å². The van der Waals surface area contributed by atoms with Crippen molar-refractivity contribution in [2.75, 3.05) is 13.2 Å². The molecular formula is C12H16N2O2. The van der Waals surface area contributed by atoms with E-state index < -0.39 is 0 Å². The van der Waals surface area contributed by atoms with Gasteiger partial charge in [0, 0.05) is 37.4 Å². The standard InChI is InChI=1S/C12H16N2O2/c1-3-12(15-7-8-16-12)4-2-10(1)11-9-13-5-6-14-11/h5-6,9-10H,1-4,7-8H2. The minimum absolute atomic E-state index is 0.265. The van der Waals surface area contributed by atoms with E-state index in [1.807, 2.05) is 6.20 Å². The Kier molecular flexibility index (Phi) is 2.61. The first-order valence-corrected chi connectivity index (χ1v) is 5.92. The van der Waals surface area contributed by atoms with Crippen molar-refractivity contribution in [3.05, 3.63) is 24.3 Å². The molecule has 0 atom stereocenters. The topological polar surface area (TPSA) is 44.2 Å². The molecule has 0 N–H and O–H groups in total. The van der Waals surface area contributed by atoms with E-state index in [9.17, 15) is 0 Å². The summed E-state index contributed by atoms with van der Waals surface area (Å²) in [5.41, 5.74) is 1.11. The maximum Gasteiger partial charge on any atom is 0.168 e. The summed E-state index contributed by atoms with van der Waals surface area (Å²) >= 11 is 0. The van der Waals surface area contributed by atoms with Gasteiger partial charge in [0.15, 0.2) is 5.79 Å². The second-order valence-corrected chi connectivity index (χ2v) is 4.51. The first-order chi connectivity index (χ1) is 7.88. The van der Waals surface area contributed by atoms with Crippen LogP contribution in [-0.4, -0.2) is 29.0 Å². The van der Waals surface area contributed by atoms with E-state index in [1.54, 1.807) is 12.4 Å². The van der Waals surface area contributed by atoms with E-state index >= 15 is 0 Å².